The van der Waals surface area contributed by atoms with Crippen molar-refractivity contribution in [2.45, 2.75) is 19.8 Å². The molecule has 0 bridgehead atoms. The molecule has 3 heterocycles. The lowest BCUT2D eigenvalue weighted by Crippen LogP contribution is -2.14. The number of anilines is 1. The van der Waals surface area contributed by atoms with Gasteiger partial charge in [-0.3, -0.25) is 9.78 Å². The molecule has 0 radical (unpaired) electrons. The Morgan fingerprint density at radius 2 is 1.81 bits per heavy atom. The van der Waals surface area contributed by atoms with Crippen molar-refractivity contribution in [1.29, 1.82) is 0 Å². The molecule has 3 aromatic rings. The highest BCUT2D eigenvalue weighted by molar-refractivity contribution is 6.40. The molecule has 0 spiro atoms. The van der Waals surface area contributed by atoms with E-state index in [4.69, 9.17) is 34.8 Å². The van der Waals surface area contributed by atoms with Crippen LogP contribution in [0.25, 0.3) is 5.52 Å². The summed E-state index contributed by atoms with van der Waals surface area (Å²) < 4.78 is 28.7. The predicted molar refractivity (Wildman–Crippen MR) is 96.7 cm³/mol. The van der Waals surface area contributed by atoms with Gasteiger partial charge in [-0.2, -0.15) is 13.9 Å². The molecule has 0 saturated carbocycles. The maximum absolute atomic E-state index is 13.8. The Morgan fingerprint density at radius 3 is 2.38 bits per heavy atom. The number of amides is 1. The first kappa shape index (κ1) is 18.8. The van der Waals surface area contributed by atoms with Crippen LogP contribution in [-0.4, -0.2) is 20.5 Å². The fourth-order valence-corrected chi connectivity index (χ4v) is 3.26. The maximum Gasteiger partial charge on any atom is 0.290 e. The number of halogens is 5. The summed E-state index contributed by atoms with van der Waals surface area (Å²) in [7, 11) is 0. The highest BCUT2D eigenvalue weighted by Gasteiger charge is 2.34. The number of nitrogens with zero attached hydrogens (tertiary/aromatic N) is 3. The van der Waals surface area contributed by atoms with E-state index in [1.807, 2.05) is 0 Å². The van der Waals surface area contributed by atoms with Crippen molar-refractivity contribution in [2.24, 2.45) is 0 Å². The van der Waals surface area contributed by atoms with Gasteiger partial charge in [0.1, 0.15) is 0 Å². The van der Waals surface area contributed by atoms with Gasteiger partial charge in [-0.05, 0) is 19.1 Å². The first-order valence-corrected chi connectivity index (χ1v) is 8.41. The molecule has 0 aromatic carbocycles. The molecule has 0 aliphatic rings. The van der Waals surface area contributed by atoms with Crippen LogP contribution in [0.1, 0.15) is 28.7 Å². The van der Waals surface area contributed by atoms with Gasteiger partial charge in [0, 0.05) is 25.0 Å². The summed E-state index contributed by atoms with van der Waals surface area (Å²) in [4.78, 5) is 16.5. The van der Waals surface area contributed by atoms with Gasteiger partial charge >= 0.3 is 0 Å². The number of carbonyl (C=O) groups excluding carboxylic acids is 1. The Hall–Kier alpha value is -1.96. The minimum atomic E-state index is -3.26. The molecule has 5 nitrogen and oxygen atoms in total. The van der Waals surface area contributed by atoms with Crippen molar-refractivity contribution in [3.8, 4) is 0 Å². The quantitative estimate of drug-likeness (QED) is 0.621. The third kappa shape index (κ3) is 3.22. The number of aromatic nitrogens is 3. The van der Waals surface area contributed by atoms with Crippen LogP contribution in [0.4, 0.5) is 14.5 Å². The number of hydrogen-bond acceptors (Lipinski definition) is 3. The van der Waals surface area contributed by atoms with E-state index < -0.39 is 17.5 Å². The first-order valence-electron chi connectivity index (χ1n) is 7.27. The molecule has 136 valence electrons. The first-order chi connectivity index (χ1) is 12.1. The number of carbonyl (C=O) groups is 1. The van der Waals surface area contributed by atoms with Gasteiger partial charge in [-0.15, -0.1) is 0 Å². The molecule has 26 heavy (non-hydrogen) atoms. The maximum atomic E-state index is 13.8. The number of alkyl halides is 2. The minimum absolute atomic E-state index is 0.0487. The van der Waals surface area contributed by atoms with Crippen molar-refractivity contribution in [2.75, 3.05) is 5.32 Å². The smallest absolute Gasteiger partial charge is 0.290 e. The van der Waals surface area contributed by atoms with E-state index in [1.165, 1.54) is 23.0 Å². The van der Waals surface area contributed by atoms with Gasteiger partial charge in [0.2, 0.25) is 0 Å². The van der Waals surface area contributed by atoms with Crippen molar-refractivity contribution in [3.63, 3.8) is 0 Å². The summed E-state index contributed by atoms with van der Waals surface area (Å²) >= 11 is 18.1. The molecule has 0 aliphatic heterocycles. The number of nitrogens with one attached hydrogen (secondary N) is 1. The van der Waals surface area contributed by atoms with Gasteiger partial charge in [-0.25, -0.2) is 4.52 Å². The molecule has 0 aliphatic carbocycles. The lowest BCUT2D eigenvalue weighted by atomic mass is 10.1. The lowest BCUT2D eigenvalue weighted by Gasteiger charge is -2.10. The summed E-state index contributed by atoms with van der Waals surface area (Å²) in [5, 5.41) is 6.39. The average Bonchev–Trinajstić information content (AvgIpc) is 2.90. The topological polar surface area (TPSA) is 59.3 Å². The van der Waals surface area contributed by atoms with Crippen molar-refractivity contribution < 1.29 is 13.6 Å². The van der Waals surface area contributed by atoms with Crippen molar-refractivity contribution in [3.05, 3.63) is 56.5 Å². The normalized spacial score (nSPS) is 11.8. The SMILES string of the molecule is Cc1ccc(C(=O)Nc2c(Cl)cncc2Cl)c2c(Cl)c(C(C)(F)F)nn12. The van der Waals surface area contributed by atoms with E-state index in [1.54, 1.807) is 13.0 Å². The Kier molecular flexibility index (Phi) is 4.81. The monoisotopic (exact) mass is 418 g/mol. The lowest BCUT2D eigenvalue weighted by molar-refractivity contribution is 0.0126. The number of hydrogen-bond donors (Lipinski definition) is 1. The fraction of sp³-hybridized carbons (Fsp3) is 0.188. The van der Waals surface area contributed by atoms with Gasteiger partial charge < -0.3 is 5.32 Å². The summed E-state index contributed by atoms with van der Waals surface area (Å²) in [6, 6.07) is 3.03. The van der Waals surface area contributed by atoms with Crippen LogP contribution in [0.15, 0.2) is 24.5 Å². The summed E-state index contributed by atoms with van der Waals surface area (Å²) in [5.74, 6) is -3.89. The number of fused-ring (bicyclic) bond motifs is 1. The van der Waals surface area contributed by atoms with Crippen LogP contribution in [-0.2, 0) is 5.92 Å². The molecule has 0 saturated heterocycles. The Morgan fingerprint density at radius 1 is 1.19 bits per heavy atom. The van der Waals surface area contributed by atoms with Crippen molar-refractivity contribution in [1.82, 2.24) is 14.6 Å². The molecule has 10 heteroatoms. The molecule has 3 rings (SSSR count). The van der Waals surface area contributed by atoms with E-state index >= 15 is 0 Å². The van der Waals surface area contributed by atoms with Crippen LogP contribution in [0.5, 0.6) is 0 Å². The Balaban J connectivity index is 2.15. The average molecular weight is 420 g/mol. The van der Waals surface area contributed by atoms with Crippen LogP contribution < -0.4 is 5.32 Å². The summed E-state index contributed by atoms with van der Waals surface area (Å²) in [6.07, 6.45) is 2.63. The second-order valence-corrected chi connectivity index (χ2v) is 6.82. The molecule has 0 atom stereocenters. The van der Waals surface area contributed by atoms with E-state index in [2.05, 4.69) is 15.4 Å². The van der Waals surface area contributed by atoms with Gasteiger partial charge in [0.05, 0.1) is 31.8 Å². The zero-order valence-corrected chi connectivity index (χ0v) is 15.7. The molecular weight excluding hydrogens is 409 g/mol. The van der Waals surface area contributed by atoms with Crippen LogP contribution in [0, 0.1) is 6.92 Å². The zero-order valence-electron chi connectivity index (χ0n) is 13.4. The largest absolute Gasteiger partial charge is 0.319 e. The van der Waals surface area contributed by atoms with E-state index in [0.717, 1.165) is 0 Å². The second kappa shape index (κ2) is 6.64. The van der Waals surface area contributed by atoms with E-state index in [0.29, 0.717) is 12.6 Å². The molecular formula is C16H11Cl3F2N4O. The minimum Gasteiger partial charge on any atom is -0.319 e. The van der Waals surface area contributed by atoms with Crippen LogP contribution >= 0.6 is 34.8 Å². The number of aryl methyl sites for hydroxylation is 1. The Labute approximate surface area is 161 Å². The summed E-state index contributed by atoms with van der Waals surface area (Å²) in [5.41, 5.74) is 0.203. The van der Waals surface area contributed by atoms with E-state index in [9.17, 15) is 13.6 Å². The molecule has 1 N–H and O–H groups in total. The highest BCUT2D eigenvalue weighted by Crippen LogP contribution is 2.36. The molecule has 3 aromatic heterocycles. The fourth-order valence-electron chi connectivity index (χ4n) is 2.42. The number of rotatable bonds is 3. The summed E-state index contributed by atoms with van der Waals surface area (Å²) in [6.45, 7) is 2.35. The number of pyridine rings is 2. The van der Waals surface area contributed by atoms with Gasteiger partial charge in [0.25, 0.3) is 11.8 Å². The third-order valence-corrected chi connectivity index (χ3v) is 4.59. The molecule has 0 unspecified atom stereocenters. The van der Waals surface area contributed by atoms with Crippen LogP contribution in [0.2, 0.25) is 15.1 Å². The van der Waals surface area contributed by atoms with Gasteiger partial charge in [0.15, 0.2) is 5.69 Å². The van der Waals surface area contributed by atoms with Crippen molar-refractivity contribution >= 4 is 51.9 Å². The van der Waals surface area contributed by atoms with Gasteiger partial charge in [-0.1, -0.05) is 34.8 Å². The molecule has 1 amide bonds. The Bertz CT molecular complexity index is 1010. The second-order valence-electron chi connectivity index (χ2n) is 5.63. The predicted octanol–water partition coefficient (Wildman–Crippen LogP) is 5.36. The standard InChI is InChI=1S/C16H11Cl3F2N4O/c1-7-3-4-8(13-11(19)14(16(2,20)21)24-25(7)13)15(26)23-12-9(17)5-22-6-10(12)18/h3-6H,1-2H3,(H,22,23,26). The third-order valence-electron chi connectivity index (χ3n) is 3.66. The van der Waals surface area contributed by atoms with Crippen LogP contribution in [0.3, 0.4) is 0 Å². The zero-order chi connectivity index (χ0) is 19.2. The highest BCUT2D eigenvalue weighted by atomic mass is 35.5. The van der Waals surface area contributed by atoms with E-state index in [-0.39, 0.29) is 31.8 Å². The molecule has 0 fully saturated rings.